The van der Waals surface area contributed by atoms with Crippen LogP contribution < -0.4 is 10.5 Å². The molecule has 3 aromatic rings. The van der Waals surface area contributed by atoms with E-state index in [1.54, 1.807) is 22.4 Å². The molecule has 3 heterocycles. The molecule has 1 fully saturated rings. The minimum atomic E-state index is -0.357. The van der Waals surface area contributed by atoms with E-state index in [1.165, 1.54) is 23.7 Å². The first-order chi connectivity index (χ1) is 13.2. The van der Waals surface area contributed by atoms with Gasteiger partial charge in [-0.05, 0) is 43.7 Å². The van der Waals surface area contributed by atoms with Gasteiger partial charge in [0.25, 0.3) is 5.56 Å². The molecule has 1 aromatic carbocycles. The SMILES string of the molecule is O=c1c2cc(F)ccc2sn1CCCCN1CCN(c2ncccn2)CC1. The molecule has 142 valence electrons. The van der Waals surface area contributed by atoms with Gasteiger partial charge in [0.1, 0.15) is 5.82 Å². The summed E-state index contributed by atoms with van der Waals surface area (Å²) >= 11 is 1.42. The van der Waals surface area contributed by atoms with Gasteiger partial charge in [0.2, 0.25) is 5.95 Å². The van der Waals surface area contributed by atoms with Crippen molar-refractivity contribution >= 4 is 27.6 Å². The van der Waals surface area contributed by atoms with E-state index in [9.17, 15) is 9.18 Å². The summed E-state index contributed by atoms with van der Waals surface area (Å²) in [5.74, 6) is 0.447. The molecular formula is C19H22FN5OS. The smallest absolute Gasteiger partial charge is 0.268 e. The number of aryl methyl sites for hydroxylation is 1. The number of hydrogen-bond donors (Lipinski definition) is 0. The molecule has 6 nitrogen and oxygen atoms in total. The maximum Gasteiger partial charge on any atom is 0.268 e. The van der Waals surface area contributed by atoms with Crippen molar-refractivity contribution in [1.29, 1.82) is 0 Å². The molecule has 2 aromatic heterocycles. The van der Waals surface area contributed by atoms with E-state index in [2.05, 4.69) is 19.8 Å². The Bertz CT molecular complexity index is 950. The molecule has 1 saturated heterocycles. The van der Waals surface area contributed by atoms with Crippen LogP contribution in [0.5, 0.6) is 0 Å². The number of halogens is 1. The van der Waals surface area contributed by atoms with E-state index in [1.807, 2.05) is 6.07 Å². The standard InChI is InChI=1S/C19H22FN5OS/c20-15-4-5-17-16(14-15)18(26)25(27-17)9-2-1-8-23-10-12-24(13-11-23)19-21-6-3-7-22-19/h3-7,14H,1-2,8-13H2. The Hall–Kier alpha value is -2.32. The second kappa shape index (κ2) is 8.14. The number of unbranched alkanes of at least 4 members (excludes halogenated alkanes) is 1. The van der Waals surface area contributed by atoms with Crippen LogP contribution in [0.1, 0.15) is 12.8 Å². The van der Waals surface area contributed by atoms with Crippen LogP contribution in [-0.2, 0) is 6.54 Å². The summed E-state index contributed by atoms with van der Waals surface area (Å²) in [4.78, 5) is 25.6. The fourth-order valence-corrected chi connectivity index (χ4v) is 4.42. The zero-order valence-electron chi connectivity index (χ0n) is 15.1. The molecule has 4 rings (SSSR count). The molecular weight excluding hydrogens is 365 g/mol. The second-order valence-corrected chi connectivity index (χ2v) is 7.79. The average Bonchev–Trinajstić information content (AvgIpc) is 3.02. The van der Waals surface area contributed by atoms with Gasteiger partial charge in [0.05, 0.1) is 10.1 Å². The van der Waals surface area contributed by atoms with E-state index in [0.29, 0.717) is 11.9 Å². The number of benzene rings is 1. The molecule has 0 spiro atoms. The third-order valence-corrected chi connectivity index (χ3v) is 6.02. The summed E-state index contributed by atoms with van der Waals surface area (Å²) in [6.07, 6.45) is 5.53. The van der Waals surface area contributed by atoms with E-state index in [4.69, 9.17) is 0 Å². The van der Waals surface area contributed by atoms with Gasteiger partial charge in [-0.2, -0.15) is 0 Å². The normalized spacial score (nSPS) is 15.5. The van der Waals surface area contributed by atoms with E-state index >= 15 is 0 Å². The van der Waals surface area contributed by atoms with Crippen LogP contribution in [0.3, 0.4) is 0 Å². The number of hydrogen-bond acceptors (Lipinski definition) is 6. The largest absolute Gasteiger partial charge is 0.338 e. The van der Waals surface area contributed by atoms with Gasteiger partial charge < -0.3 is 4.90 Å². The predicted octanol–water partition coefficient (Wildman–Crippen LogP) is 2.59. The fourth-order valence-electron chi connectivity index (χ4n) is 3.41. The summed E-state index contributed by atoms with van der Waals surface area (Å²) < 4.78 is 15.9. The van der Waals surface area contributed by atoms with Gasteiger partial charge in [0, 0.05) is 45.1 Å². The molecule has 0 aliphatic carbocycles. The molecule has 0 N–H and O–H groups in total. The summed E-state index contributed by atoms with van der Waals surface area (Å²) in [6.45, 7) is 5.59. The Kier molecular flexibility index (Phi) is 5.45. The number of fused-ring (bicyclic) bond motifs is 1. The van der Waals surface area contributed by atoms with Crippen LogP contribution in [0.25, 0.3) is 10.1 Å². The van der Waals surface area contributed by atoms with Crippen LogP contribution in [0.2, 0.25) is 0 Å². The second-order valence-electron chi connectivity index (χ2n) is 6.72. The quantitative estimate of drug-likeness (QED) is 0.609. The Labute approximate surface area is 161 Å². The molecule has 1 aliphatic rings. The van der Waals surface area contributed by atoms with Crippen LogP contribution in [0.15, 0.2) is 41.5 Å². The lowest BCUT2D eigenvalue weighted by molar-refractivity contribution is 0.250. The molecule has 27 heavy (non-hydrogen) atoms. The van der Waals surface area contributed by atoms with Crippen LogP contribution in [0, 0.1) is 5.82 Å². The van der Waals surface area contributed by atoms with Gasteiger partial charge in [0.15, 0.2) is 0 Å². The molecule has 0 bridgehead atoms. The maximum atomic E-state index is 13.3. The van der Waals surface area contributed by atoms with Gasteiger partial charge in [-0.15, -0.1) is 0 Å². The minimum Gasteiger partial charge on any atom is -0.338 e. The summed E-state index contributed by atoms with van der Waals surface area (Å²) in [6, 6.07) is 6.25. The van der Waals surface area contributed by atoms with Gasteiger partial charge in [-0.3, -0.25) is 13.7 Å². The molecule has 0 radical (unpaired) electrons. The lowest BCUT2D eigenvalue weighted by atomic mass is 10.2. The zero-order valence-corrected chi connectivity index (χ0v) is 15.9. The Morgan fingerprint density at radius 2 is 1.78 bits per heavy atom. The minimum absolute atomic E-state index is 0.0778. The van der Waals surface area contributed by atoms with E-state index < -0.39 is 0 Å². The zero-order chi connectivity index (χ0) is 18.6. The van der Waals surface area contributed by atoms with Crippen molar-refractivity contribution in [2.75, 3.05) is 37.6 Å². The van der Waals surface area contributed by atoms with Crippen LogP contribution in [-0.4, -0.2) is 51.5 Å². The first-order valence-electron chi connectivity index (χ1n) is 9.24. The molecule has 0 unspecified atom stereocenters. The van der Waals surface area contributed by atoms with Crippen molar-refractivity contribution in [1.82, 2.24) is 18.8 Å². The number of aromatic nitrogens is 3. The lowest BCUT2D eigenvalue weighted by Gasteiger charge is -2.34. The van der Waals surface area contributed by atoms with Crippen molar-refractivity contribution in [3.8, 4) is 0 Å². The molecule has 0 atom stereocenters. The highest BCUT2D eigenvalue weighted by atomic mass is 32.1. The number of piperazine rings is 1. The number of nitrogens with zero attached hydrogens (tertiary/aromatic N) is 5. The van der Waals surface area contributed by atoms with Crippen molar-refractivity contribution in [2.45, 2.75) is 19.4 Å². The van der Waals surface area contributed by atoms with Crippen molar-refractivity contribution in [3.63, 3.8) is 0 Å². The first-order valence-corrected chi connectivity index (χ1v) is 10.0. The number of anilines is 1. The topological polar surface area (TPSA) is 54.3 Å². The van der Waals surface area contributed by atoms with Crippen molar-refractivity contribution in [3.05, 3.63) is 52.8 Å². The van der Waals surface area contributed by atoms with E-state index in [0.717, 1.165) is 56.2 Å². The average molecular weight is 387 g/mol. The summed E-state index contributed by atoms with van der Waals surface area (Å²) in [5.41, 5.74) is -0.0778. The van der Waals surface area contributed by atoms with E-state index in [-0.39, 0.29) is 11.4 Å². The monoisotopic (exact) mass is 387 g/mol. The molecule has 1 aliphatic heterocycles. The Balaban J connectivity index is 1.23. The van der Waals surface area contributed by atoms with Crippen molar-refractivity contribution in [2.24, 2.45) is 0 Å². The third kappa shape index (κ3) is 4.17. The fraction of sp³-hybridized carbons (Fsp3) is 0.421. The van der Waals surface area contributed by atoms with Crippen LogP contribution in [0.4, 0.5) is 10.3 Å². The molecule has 0 saturated carbocycles. The predicted molar refractivity (Wildman–Crippen MR) is 106 cm³/mol. The van der Waals surface area contributed by atoms with Gasteiger partial charge in [-0.1, -0.05) is 11.5 Å². The Morgan fingerprint density at radius 3 is 2.56 bits per heavy atom. The molecule has 0 amide bonds. The highest BCUT2D eigenvalue weighted by molar-refractivity contribution is 7.13. The first kappa shape index (κ1) is 18.1. The highest BCUT2D eigenvalue weighted by Gasteiger charge is 2.18. The number of rotatable bonds is 6. The van der Waals surface area contributed by atoms with Crippen molar-refractivity contribution < 1.29 is 4.39 Å². The summed E-state index contributed by atoms with van der Waals surface area (Å²) in [5, 5.41) is 0.485. The highest BCUT2D eigenvalue weighted by Crippen LogP contribution is 2.18. The molecule has 8 heteroatoms. The Morgan fingerprint density at radius 1 is 1.04 bits per heavy atom. The van der Waals surface area contributed by atoms with Crippen LogP contribution >= 0.6 is 11.5 Å². The maximum absolute atomic E-state index is 13.3. The third-order valence-electron chi connectivity index (χ3n) is 4.90. The van der Waals surface area contributed by atoms with Gasteiger partial charge in [-0.25, -0.2) is 14.4 Å². The summed E-state index contributed by atoms with van der Waals surface area (Å²) in [7, 11) is 0. The lowest BCUT2D eigenvalue weighted by Crippen LogP contribution is -2.47. The van der Waals surface area contributed by atoms with Gasteiger partial charge >= 0.3 is 0 Å².